The normalized spacial score (nSPS) is 12.5. The Morgan fingerprint density at radius 2 is 0.774 bits per heavy atom. The van der Waals surface area contributed by atoms with Gasteiger partial charge in [0.15, 0.2) is 0 Å². The van der Waals surface area contributed by atoms with E-state index in [2.05, 4.69) is 170 Å². The van der Waals surface area contributed by atoms with Crippen LogP contribution in [-0.2, 0) is 0 Å². The fourth-order valence-electron chi connectivity index (χ4n) is 9.68. The van der Waals surface area contributed by atoms with Crippen molar-refractivity contribution in [3.8, 4) is 22.3 Å². The Morgan fingerprint density at radius 1 is 0.264 bits per heavy atom. The van der Waals surface area contributed by atoms with Gasteiger partial charge < -0.3 is 4.42 Å². The van der Waals surface area contributed by atoms with Gasteiger partial charge in [0.25, 0.3) is 0 Å². The summed E-state index contributed by atoms with van der Waals surface area (Å²) in [6, 6.07) is 63.3. The van der Waals surface area contributed by atoms with Crippen molar-refractivity contribution in [3.05, 3.63) is 170 Å². The molecule has 0 N–H and O–H groups in total. The van der Waals surface area contributed by atoms with Crippen LogP contribution in [-0.4, -0.2) is 0 Å². The highest BCUT2D eigenvalue weighted by Crippen LogP contribution is 2.47. The van der Waals surface area contributed by atoms with Crippen LogP contribution < -0.4 is 0 Å². The minimum Gasteiger partial charge on any atom is -0.455 e. The number of benzene rings is 12. The predicted octanol–water partition coefficient (Wildman–Crippen LogP) is 15.0. The Morgan fingerprint density at radius 3 is 1.43 bits per heavy atom. The number of furan rings is 1. The SMILES string of the molecule is c1ccc2cc3c(cc2c1)oc1c2ccc(-c4ccc5ccc6cccc7ccc4c5c67)cc2c(-c2ccc4ccc5cccc6ccc2c4c56)cc31. The minimum atomic E-state index is 0.920. The molecule has 53 heavy (non-hydrogen) atoms. The van der Waals surface area contributed by atoms with E-state index >= 15 is 0 Å². The van der Waals surface area contributed by atoms with Crippen LogP contribution in [0, 0.1) is 0 Å². The molecule has 242 valence electrons. The summed E-state index contributed by atoms with van der Waals surface area (Å²) in [6.45, 7) is 0. The monoisotopic (exact) mass is 668 g/mol. The van der Waals surface area contributed by atoms with E-state index in [1.807, 2.05) is 0 Å². The van der Waals surface area contributed by atoms with Gasteiger partial charge in [0.05, 0.1) is 0 Å². The molecule has 0 radical (unpaired) electrons. The molecule has 12 aromatic carbocycles. The van der Waals surface area contributed by atoms with E-state index in [0.717, 1.165) is 27.3 Å². The fraction of sp³-hybridized carbons (Fsp3) is 0. The van der Waals surface area contributed by atoms with Crippen LogP contribution in [0.5, 0.6) is 0 Å². The second kappa shape index (κ2) is 9.88. The zero-order valence-corrected chi connectivity index (χ0v) is 28.6. The number of fused-ring (bicyclic) bond motifs is 6. The largest absolute Gasteiger partial charge is 0.455 e. The third-order valence-electron chi connectivity index (χ3n) is 12.1. The molecule has 13 aromatic rings. The predicted molar refractivity (Wildman–Crippen MR) is 227 cm³/mol. The van der Waals surface area contributed by atoms with Crippen molar-refractivity contribution in [1.82, 2.24) is 0 Å². The summed E-state index contributed by atoms with van der Waals surface area (Å²) in [5.74, 6) is 0. The van der Waals surface area contributed by atoms with E-state index in [1.54, 1.807) is 0 Å². The summed E-state index contributed by atoms with van der Waals surface area (Å²) < 4.78 is 6.84. The summed E-state index contributed by atoms with van der Waals surface area (Å²) in [4.78, 5) is 0. The molecule has 0 saturated carbocycles. The molecule has 1 heteroatoms. The van der Waals surface area contributed by atoms with Gasteiger partial charge in [-0.1, -0.05) is 140 Å². The van der Waals surface area contributed by atoms with Gasteiger partial charge in [0, 0.05) is 16.2 Å². The van der Waals surface area contributed by atoms with E-state index in [-0.39, 0.29) is 0 Å². The zero-order valence-electron chi connectivity index (χ0n) is 28.6. The number of hydrogen-bond acceptors (Lipinski definition) is 1. The molecule has 0 saturated heterocycles. The number of hydrogen-bond donors (Lipinski definition) is 0. The molecule has 0 aliphatic carbocycles. The lowest BCUT2D eigenvalue weighted by Crippen LogP contribution is -1.90. The molecule has 1 heterocycles. The van der Waals surface area contributed by atoms with Crippen LogP contribution in [0.25, 0.3) is 130 Å². The van der Waals surface area contributed by atoms with Gasteiger partial charge in [0.1, 0.15) is 11.2 Å². The first-order valence-corrected chi connectivity index (χ1v) is 18.4. The van der Waals surface area contributed by atoms with Gasteiger partial charge >= 0.3 is 0 Å². The topological polar surface area (TPSA) is 13.1 Å². The molecule has 0 aliphatic rings. The van der Waals surface area contributed by atoms with Crippen LogP contribution >= 0.6 is 0 Å². The van der Waals surface area contributed by atoms with Crippen molar-refractivity contribution >= 4 is 108 Å². The minimum absolute atomic E-state index is 0.920. The van der Waals surface area contributed by atoms with Crippen LogP contribution in [0.3, 0.4) is 0 Å². The summed E-state index contributed by atoms with van der Waals surface area (Å²) >= 11 is 0. The summed E-state index contributed by atoms with van der Waals surface area (Å²) in [5.41, 5.74) is 6.77. The van der Waals surface area contributed by atoms with Gasteiger partial charge in [-0.3, -0.25) is 0 Å². The highest BCUT2D eigenvalue weighted by molar-refractivity contribution is 6.29. The Kier molecular flexibility index (Phi) is 5.17. The molecule has 0 amide bonds. The third-order valence-corrected chi connectivity index (χ3v) is 12.1. The molecule has 0 atom stereocenters. The number of rotatable bonds is 2. The maximum absolute atomic E-state index is 6.84. The first kappa shape index (κ1) is 27.7. The van der Waals surface area contributed by atoms with Crippen molar-refractivity contribution in [2.24, 2.45) is 0 Å². The van der Waals surface area contributed by atoms with Crippen LogP contribution in [0.4, 0.5) is 0 Å². The Labute approximate surface area is 303 Å². The lowest BCUT2D eigenvalue weighted by molar-refractivity contribution is 0.673. The summed E-state index contributed by atoms with van der Waals surface area (Å²) in [5, 5.41) is 22.6. The van der Waals surface area contributed by atoms with Crippen molar-refractivity contribution in [3.63, 3.8) is 0 Å². The molecule has 1 aromatic heterocycles. The maximum atomic E-state index is 6.84. The summed E-state index contributed by atoms with van der Waals surface area (Å²) in [6.07, 6.45) is 0. The second-order valence-electron chi connectivity index (χ2n) is 14.8. The summed E-state index contributed by atoms with van der Waals surface area (Å²) in [7, 11) is 0. The van der Waals surface area contributed by atoms with Crippen LogP contribution in [0.1, 0.15) is 0 Å². The lowest BCUT2D eigenvalue weighted by Gasteiger charge is -2.17. The standard InChI is InChI=1S/C52H28O/c1-2-6-36-27-47-45(25-35(36)5-1)46-28-44(39-21-16-34-14-12-30-8-4-10-32-18-23-41(39)51(34)49(30)32)43-26-37(19-24-42(43)52(46)53-47)38-20-15-33-13-11-29-7-3-9-31-17-22-40(38)50(33)48(29)31/h1-28H. The molecule has 0 spiro atoms. The third kappa shape index (κ3) is 3.66. The lowest BCUT2D eigenvalue weighted by atomic mass is 9.86. The van der Waals surface area contributed by atoms with E-state index in [1.165, 1.54) is 103 Å². The van der Waals surface area contributed by atoms with Crippen molar-refractivity contribution in [2.75, 3.05) is 0 Å². The van der Waals surface area contributed by atoms with Gasteiger partial charge in [-0.05, 0) is 133 Å². The molecule has 13 rings (SSSR count). The van der Waals surface area contributed by atoms with Crippen molar-refractivity contribution in [2.45, 2.75) is 0 Å². The van der Waals surface area contributed by atoms with E-state index < -0.39 is 0 Å². The highest BCUT2D eigenvalue weighted by atomic mass is 16.3. The van der Waals surface area contributed by atoms with E-state index in [9.17, 15) is 0 Å². The Bertz CT molecular complexity index is 3640. The average molecular weight is 669 g/mol. The quantitative estimate of drug-likeness (QED) is 0.167. The molecular weight excluding hydrogens is 641 g/mol. The molecule has 0 unspecified atom stereocenters. The van der Waals surface area contributed by atoms with E-state index in [0.29, 0.717) is 0 Å². The fourth-order valence-corrected chi connectivity index (χ4v) is 9.68. The van der Waals surface area contributed by atoms with Gasteiger partial charge in [-0.2, -0.15) is 0 Å². The first-order chi connectivity index (χ1) is 26.2. The van der Waals surface area contributed by atoms with Crippen molar-refractivity contribution in [1.29, 1.82) is 0 Å². The zero-order chi connectivity index (χ0) is 34.4. The van der Waals surface area contributed by atoms with E-state index in [4.69, 9.17) is 4.42 Å². The van der Waals surface area contributed by atoms with Crippen LogP contribution in [0.15, 0.2) is 174 Å². The van der Waals surface area contributed by atoms with Gasteiger partial charge in [0.2, 0.25) is 0 Å². The Balaban J connectivity index is 1.16. The van der Waals surface area contributed by atoms with Gasteiger partial charge in [-0.25, -0.2) is 0 Å². The molecule has 0 aliphatic heterocycles. The average Bonchev–Trinajstić information content (AvgIpc) is 3.57. The van der Waals surface area contributed by atoms with Crippen LogP contribution in [0.2, 0.25) is 0 Å². The van der Waals surface area contributed by atoms with Gasteiger partial charge in [-0.15, -0.1) is 0 Å². The highest BCUT2D eigenvalue weighted by Gasteiger charge is 2.20. The molecule has 0 bridgehead atoms. The smallest absolute Gasteiger partial charge is 0.143 e. The molecule has 0 fully saturated rings. The molecular formula is C52H28O. The molecule has 1 nitrogen and oxygen atoms in total. The van der Waals surface area contributed by atoms with Crippen molar-refractivity contribution < 1.29 is 4.42 Å². The maximum Gasteiger partial charge on any atom is 0.143 e. The Hall–Kier alpha value is -6.96. The first-order valence-electron chi connectivity index (χ1n) is 18.4. The second-order valence-corrected chi connectivity index (χ2v) is 14.8.